The van der Waals surface area contributed by atoms with Gasteiger partial charge in [0.05, 0.1) is 13.2 Å². The van der Waals surface area contributed by atoms with E-state index in [4.69, 9.17) is 30.5 Å². The van der Waals surface area contributed by atoms with Gasteiger partial charge in [0.15, 0.2) is 18.1 Å². The predicted octanol–water partition coefficient (Wildman–Crippen LogP) is 3.20. The number of amides is 1. The Bertz CT molecular complexity index is 871. The Kier molecular flexibility index (Phi) is 7.51. The second kappa shape index (κ2) is 10.7. The summed E-state index contributed by atoms with van der Waals surface area (Å²) >= 11 is 5.91. The topological polar surface area (TPSA) is 60.5 Å². The zero-order valence-electron chi connectivity index (χ0n) is 17.4. The molecular formula is C23H27ClN2O5. The second-order valence-electron chi connectivity index (χ2n) is 7.55. The Labute approximate surface area is 187 Å². The Morgan fingerprint density at radius 3 is 2.65 bits per heavy atom. The molecule has 7 nitrogen and oxygen atoms in total. The van der Waals surface area contributed by atoms with Crippen molar-refractivity contribution >= 4 is 17.5 Å². The minimum Gasteiger partial charge on any atom is -0.484 e. The van der Waals surface area contributed by atoms with Gasteiger partial charge in [-0.2, -0.15) is 0 Å². The van der Waals surface area contributed by atoms with E-state index in [9.17, 15) is 4.79 Å². The number of fused-ring (bicyclic) bond motifs is 1. The summed E-state index contributed by atoms with van der Waals surface area (Å²) in [4.78, 5) is 17.2. The predicted molar refractivity (Wildman–Crippen MR) is 117 cm³/mol. The van der Waals surface area contributed by atoms with Gasteiger partial charge >= 0.3 is 0 Å². The highest BCUT2D eigenvalue weighted by atomic mass is 35.5. The van der Waals surface area contributed by atoms with Gasteiger partial charge in [0.2, 0.25) is 6.79 Å². The smallest absolute Gasteiger partial charge is 0.260 e. The normalized spacial score (nSPS) is 15.6. The highest BCUT2D eigenvalue weighted by molar-refractivity contribution is 6.30. The van der Waals surface area contributed by atoms with Crippen molar-refractivity contribution in [3.8, 4) is 17.2 Å². The van der Waals surface area contributed by atoms with Crippen LogP contribution in [0.5, 0.6) is 17.2 Å². The highest BCUT2D eigenvalue weighted by Gasteiger charge is 2.19. The first kappa shape index (κ1) is 21.7. The maximum absolute atomic E-state index is 13.0. The zero-order chi connectivity index (χ0) is 21.5. The van der Waals surface area contributed by atoms with Crippen molar-refractivity contribution in [3.05, 3.63) is 53.1 Å². The molecule has 0 radical (unpaired) electrons. The number of carbonyl (C=O) groups excluding carboxylic acids is 1. The Balaban J connectivity index is 1.36. The molecule has 2 aliphatic heterocycles. The summed E-state index contributed by atoms with van der Waals surface area (Å²) in [6.07, 6.45) is 0.886. The first-order valence-electron chi connectivity index (χ1n) is 10.5. The number of morpholine rings is 1. The molecule has 4 rings (SSSR count). The molecule has 0 atom stereocenters. The first-order valence-corrected chi connectivity index (χ1v) is 10.9. The average molecular weight is 447 g/mol. The summed E-state index contributed by atoms with van der Waals surface area (Å²) in [5, 5.41) is 0.631. The number of hydrogen-bond donors (Lipinski definition) is 0. The maximum Gasteiger partial charge on any atom is 0.260 e. The highest BCUT2D eigenvalue weighted by Crippen LogP contribution is 2.32. The van der Waals surface area contributed by atoms with Crippen LogP contribution in [0.15, 0.2) is 42.5 Å². The molecule has 0 aliphatic carbocycles. The van der Waals surface area contributed by atoms with Crippen molar-refractivity contribution in [1.29, 1.82) is 0 Å². The molecule has 0 aromatic heterocycles. The van der Waals surface area contributed by atoms with E-state index in [1.807, 2.05) is 23.1 Å². The van der Waals surface area contributed by atoms with Gasteiger partial charge in [-0.05, 0) is 48.4 Å². The molecular weight excluding hydrogens is 420 g/mol. The van der Waals surface area contributed by atoms with Crippen LogP contribution < -0.4 is 14.2 Å². The summed E-state index contributed by atoms with van der Waals surface area (Å²) in [5.41, 5.74) is 0.996. The van der Waals surface area contributed by atoms with Crippen LogP contribution in [0.2, 0.25) is 5.02 Å². The molecule has 1 saturated heterocycles. The standard InChI is InChI=1S/C23H27ClN2O5/c24-19-3-5-20(6-4-19)29-16-23(27)26(9-1-8-25-10-12-28-13-11-25)15-18-2-7-21-22(14-18)31-17-30-21/h2-7,14H,1,8-13,15-17H2. The molecule has 0 bridgehead atoms. The van der Waals surface area contributed by atoms with Crippen LogP contribution in [0.3, 0.4) is 0 Å². The van der Waals surface area contributed by atoms with Crippen LogP contribution in [0.25, 0.3) is 0 Å². The van der Waals surface area contributed by atoms with E-state index < -0.39 is 0 Å². The number of hydrogen-bond acceptors (Lipinski definition) is 6. The summed E-state index contributed by atoms with van der Waals surface area (Å²) in [7, 11) is 0. The Morgan fingerprint density at radius 2 is 1.84 bits per heavy atom. The molecule has 0 N–H and O–H groups in total. The van der Waals surface area contributed by atoms with Crippen LogP contribution in [0.4, 0.5) is 0 Å². The molecule has 1 fully saturated rings. The van der Waals surface area contributed by atoms with Crippen molar-refractivity contribution in [2.45, 2.75) is 13.0 Å². The van der Waals surface area contributed by atoms with E-state index in [2.05, 4.69) is 4.90 Å². The quantitative estimate of drug-likeness (QED) is 0.589. The number of ether oxygens (including phenoxy) is 4. The van der Waals surface area contributed by atoms with E-state index in [1.54, 1.807) is 24.3 Å². The molecule has 0 spiro atoms. The van der Waals surface area contributed by atoms with Gasteiger partial charge in [0.1, 0.15) is 5.75 Å². The van der Waals surface area contributed by atoms with Crippen molar-refractivity contribution in [1.82, 2.24) is 9.80 Å². The molecule has 2 aromatic carbocycles. The van der Waals surface area contributed by atoms with Gasteiger partial charge < -0.3 is 23.8 Å². The molecule has 0 saturated carbocycles. The van der Waals surface area contributed by atoms with E-state index in [0.717, 1.165) is 56.3 Å². The molecule has 0 unspecified atom stereocenters. The lowest BCUT2D eigenvalue weighted by atomic mass is 10.2. The molecule has 8 heteroatoms. The van der Waals surface area contributed by atoms with Crippen LogP contribution in [-0.4, -0.2) is 68.5 Å². The van der Waals surface area contributed by atoms with Crippen LogP contribution >= 0.6 is 11.6 Å². The molecule has 2 aromatic rings. The maximum atomic E-state index is 13.0. The van der Waals surface area contributed by atoms with Crippen molar-refractivity contribution in [2.75, 3.05) is 52.8 Å². The fourth-order valence-electron chi connectivity index (χ4n) is 3.63. The van der Waals surface area contributed by atoms with E-state index in [0.29, 0.717) is 23.9 Å². The van der Waals surface area contributed by atoms with Crippen LogP contribution in [0.1, 0.15) is 12.0 Å². The first-order chi connectivity index (χ1) is 15.2. The summed E-state index contributed by atoms with van der Waals surface area (Å²) in [6, 6.07) is 12.8. The van der Waals surface area contributed by atoms with Gasteiger partial charge in [-0.15, -0.1) is 0 Å². The fraction of sp³-hybridized carbons (Fsp3) is 0.435. The van der Waals surface area contributed by atoms with Crippen LogP contribution in [-0.2, 0) is 16.1 Å². The molecule has 2 heterocycles. The number of rotatable bonds is 9. The summed E-state index contributed by atoms with van der Waals surface area (Å²) in [6.45, 7) is 5.71. The molecule has 1 amide bonds. The Hall–Kier alpha value is -2.48. The zero-order valence-corrected chi connectivity index (χ0v) is 18.2. The third-order valence-corrected chi connectivity index (χ3v) is 5.60. The van der Waals surface area contributed by atoms with E-state index in [-0.39, 0.29) is 19.3 Å². The van der Waals surface area contributed by atoms with Crippen molar-refractivity contribution in [3.63, 3.8) is 0 Å². The number of carbonyl (C=O) groups is 1. The molecule has 31 heavy (non-hydrogen) atoms. The van der Waals surface area contributed by atoms with Gasteiger partial charge in [0.25, 0.3) is 5.91 Å². The minimum atomic E-state index is -0.0606. The van der Waals surface area contributed by atoms with Gasteiger partial charge in [-0.1, -0.05) is 17.7 Å². The summed E-state index contributed by atoms with van der Waals surface area (Å²) < 4.78 is 22.0. The Morgan fingerprint density at radius 1 is 1.06 bits per heavy atom. The van der Waals surface area contributed by atoms with Gasteiger partial charge in [-0.3, -0.25) is 9.69 Å². The van der Waals surface area contributed by atoms with Gasteiger partial charge in [0, 0.05) is 37.7 Å². The van der Waals surface area contributed by atoms with E-state index >= 15 is 0 Å². The lowest BCUT2D eigenvalue weighted by Crippen LogP contribution is -2.40. The summed E-state index contributed by atoms with van der Waals surface area (Å²) in [5.74, 6) is 2.01. The average Bonchev–Trinajstić information content (AvgIpc) is 3.26. The largest absolute Gasteiger partial charge is 0.484 e. The number of benzene rings is 2. The van der Waals surface area contributed by atoms with Crippen LogP contribution in [0, 0.1) is 0 Å². The number of nitrogens with zero attached hydrogens (tertiary/aromatic N) is 2. The van der Waals surface area contributed by atoms with Gasteiger partial charge in [-0.25, -0.2) is 0 Å². The SMILES string of the molecule is O=C(COc1ccc(Cl)cc1)N(CCCN1CCOCC1)Cc1ccc2c(c1)OCO2. The fourth-order valence-corrected chi connectivity index (χ4v) is 3.75. The van der Waals surface area contributed by atoms with Crippen molar-refractivity contribution in [2.24, 2.45) is 0 Å². The third kappa shape index (κ3) is 6.26. The monoisotopic (exact) mass is 446 g/mol. The molecule has 2 aliphatic rings. The molecule has 166 valence electrons. The lowest BCUT2D eigenvalue weighted by Gasteiger charge is -2.28. The second-order valence-corrected chi connectivity index (χ2v) is 7.99. The van der Waals surface area contributed by atoms with Crippen molar-refractivity contribution < 1.29 is 23.7 Å². The third-order valence-electron chi connectivity index (χ3n) is 5.35. The number of halogens is 1. The minimum absolute atomic E-state index is 0.0241. The van der Waals surface area contributed by atoms with E-state index in [1.165, 1.54) is 0 Å². The lowest BCUT2D eigenvalue weighted by molar-refractivity contribution is -0.134.